The maximum absolute atomic E-state index is 5.34. The van der Waals surface area contributed by atoms with Gasteiger partial charge in [-0.05, 0) is 25.8 Å². The minimum absolute atomic E-state index is 0.616. The van der Waals surface area contributed by atoms with Gasteiger partial charge in [-0.3, -0.25) is 4.99 Å². The molecule has 1 heterocycles. The summed E-state index contributed by atoms with van der Waals surface area (Å²) in [5, 5.41) is 6.77. The molecule has 23 heavy (non-hydrogen) atoms. The van der Waals surface area contributed by atoms with E-state index in [2.05, 4.69) is 39.3 Å². The maximum atomic E-state index is 5.34. The molecule has 0 aromatic carbocycles. The molecule has 0 bridgehead atoms. The van der Waals surface area contributed by atoms with Crippen molar-refractivity contribution >= 4 is 5.96 Å². The van der Waals surface area contributed by atoms with E-state index in [4.69, 9.17) is 4.74 Å². The molecule has 1 unspecified atom stereocenters. The van der Waals surface area contributed by atoms with Crippen molar-refractivity contribution in [1.29, 1.82) is 0 Å². The van der Waals surface area contributed by atoms with E-state index >= 15 is 0 Å². The van der Waals surface area contributed by atoms with Crippen LogP contribution in [0.25, 0.3) is 0 Å². The Bertz CT molecular complexity index is 316. The standard InChI is InChI=1S/C17H37N5O/c1-5-21-9-11-22(12-10-21)15-16(3)14-20-17(18-4)19-8-7-13-23-6-2/h16H,5-15H2,1-4H3,(H2,18,19,20). The van der Waals surface area contributed by atoms with Gasteiger partial charge in [-0.1, -0.05) is 13.8 Å². The average Bonchev–Trinajstić information content (AvgIpc) is 2.58. The van der Waals surface area contributed by atoms with Crippen LogP contribution in [0.5, 0.6) is 0 Å². The van der Waals surface area contributed by atoms with E-state index in [1.807, 2.05) is 14.0 Å². The van der Waals surface area contributed by atoms with E-state index in [9.17, 15) is 0 Å². The van der Waals surface area contributed by atoms with E-state index in [1.54, 1.807) is 0 Å². The lowest BCUT2D eigenvalue weighted by atomic mass is 10.1. The fraction of sp³-hybridized carbons (Fsp3) is 0.941. The van der Waals surface area contributed by atoms with Gasteiger partial charge in [0.05, 0.1) is 0 Å². The molecule has 2 N–H and O–H groups in total. The van der Waals surface area contributed by atoms with Crippen molar-refractivity contribution in [3.05, 3.63) is 0 Å². The summed E-state index contributed by atoms with van der Waals surface area (Å²) >= 11 is 0. The molecule has 0 saturated carbocycles. The highest BCUT2D eigenvalue weighted by Gasteiger charge is 2.17. The average molecular weight is 328 g/mol. The summed E-state index contributed by atoms with van der Waals surface area (Å²) in [5.41, 5.74) is 0. The van der Waals surface area contributed by atoms with Crippen molar-refractivity contribution in [3.8, 4) is 0 Å². The summed E-state index contributed by atoms with van der Waals surface area (Å²) in [6.45, 7) is 17.2. The number of guanidine groups is 1. The van der Waals surface area contributed by atoms with E-state index in [-0.39, 0.29) is 0 Å². The molecule has 1 rings (SSSR count). The van der Waals surface area contributed by atoms with Crippen LogP contribution < -0.4 is 10.6 Å². The number of likely N-dealkylation sites (N-methyl/N-ethyl adjacent to an activating group) is 1. The van der Waals surface area contributed by atoms with Crippen LogP contribution in [0.15, 0.2) is 4.99 Å². The predicted molar refractivity (Wildman–Crippen MR) is 98.2 cm³/mol. The Kier molecular flexibility index (Phi) is 11.0. The maximum Gasteiger partial charge on any atom is 0.190 e. The molecule has 136 valence electrons. The third-order valence-electron chi connectivity index (χ3n) is 4.29. The zero-order valence-electron chi connectivity index (χ0n) is 15.6. The van der Waals surface area contributed by atoms with Crippen molar-refractivity contribution in [2.45, 2.75) is 27.2 Å². The highest BCUT2D eigenvalue weighted by molar-refractivity contribution is 5.79. The van der Waals surface area contributed by atoms with Gasteiger partial charge in [0.1, 0.15) is 0 Å². The van der Waals surface area contributed by atoms with Gasteiger partial charge in [-0.2, -0.15) is 0 Å². The first-order chi connectivity index (χ1) is 11.2. The minimum atomic E-state index is 0.616. The Hall–Kier alpha value is -0.850. The zero-order valence-corrected chi connectivity index (χ0v) is 15.6. The molecule has 6 heteroatoms. The number of rotatable bonds is 10. The SMILES string of the molecule is CCOCCCNC(=NC)NCC(C)CN1CCN(CC)CC1. The highest BCUT2D eigenvalue weighted by Crippen LogP contribution is 2.04. The van der Waals surface area contributed by atoms with E-state index in [0.717, 1.165) is 45.2 Å². The number of piperazine rings is 1. The Labute approximate surface area is 142 Å². The van der Waals surface area contributed by atoms with Crippen LogP contribution >= 0.6 is 0 Å². The van der Waals surface area contributed by atoms with Crippen LogP contribution in [0.3, 0.4) is 0 Å². The topological polar surface area (TPSA) is 52.1 Å². The molecular formula is C17H37N5O. The van der Waals surface area contributed by atoms with E-state index in [1.165, 1.54) is 32.7 Å². The Balaban J connectivity index is 2.12. The summed E-state index contributed by atoms with van der Waals surface area (Å²) in [6.07, 6.45) is 1.01. The van der Waals surface area contributed by atoms with Crippen LogP contribution in [0.4, 0.5) is 0 Å². The fourth-order valence-corrected chi connectivity index (χ4v) is 2.81. The van der Waals surface area contributed by atoms with Crippen molar-refractivity contribution in [2.24, 2.45) is 10.9 Å². The van der Waals surface area contributed by atoms with E-state index in [0.29, 0.717) is 5.92 Å². The number of ether oxygens (including phenoxy) is 1. The van der Waals surface area contributed by atoms with Crippen LogP contribution in [0, 0.1) is 5.92 Å². The molecule has 0 aromatic rings. The van der Waals surface area contributed by atoms with Crippen LogP contribution in [0.2, 0.25) is 0 Å². The largest absolute Gasteiger partial charge is 0.382 e. The molecule has 1 atom stereocenters. The third kappa shape index (κ3) is 9.13. The second-order valence-electron chi connectivity index (χ2n) is 6.27. The number of hydrogen-bond donors (Lipinski definition) is 2. The van der Waals surface area contributed by atoms with Gasteiger partial charge in [0.2, 0.25) is 0 Å². The van der Waals surface area contributed by atoms with Crippen molar-refractivity contribution < 1.29 is 4.74 Å². The second-order valence-corrected chi connectivity index (χ2v) is 6.27. The zero-order chi connectivity index (χ0) is 16.9. The summed E-state index contributed by atoms with van der Waals surface area (Å²) in [6, 6.07) is 0. The lowest BCUT2D eigenvalue weighted by Crippen LogP contribution is -2.48. The Morgan fingerprint density at radius 1 is 1.13 bits per heavy atom. The molecular weight excluding hydrogens is 290 g/mol. The molecule has 6 nitrogen and oxygen atoms in total. The predicted octanol–water partition coefficient (Wildman–Crippen LogP) is 0.852. The van der Waals surface area contributed by atoms with Gasteiger partial charge < -0.3 is 25.2 Å². The second kappa shape index (κ2) is 12.6. The first-order valence-corrected chi connectivity index (χ1v) is 9.16. The van der Waals surface area contributed by atoms with Crippen molar-refractivity contribution in [2.75, 3.05) is 72.6 Å². The van der Waals surface area contributed by atoms with Crippen LogP contribution in [0.1, 0.15) is 27.2 Å². The minimum Gasteiger partial charge on any atom is -0.382 e. The first-order valence-electron chi connectivity index (χ1n) is 9.16. The Morgan fingerprint density at radius 3 is 2.43 bits per heavy atom. The summed E-state index contributed by atoms with van der Waals surface area (Å²) in [7, 11) is 1.83. The molecule has 0 aliphatic carbocycles. The number of hydrogen-bond acceptors (Lipinski definition) is 4. The highest BCUT2D eigenvalue weighted by atomic mass is 16.5. The third-order valence-corrected chi connectivity index (χ3v) is 4.29. The first kappa shape index (κ1) is 20.2. The van der Waals surface area contributed by atoms with Gasteiger partial charge in [0.25, 0.3) is 0 Å². The molecule has 1 fully saturated rings. The quantitative estimate of drug-likeness (QED) is 0.354. The lowest BCUT2D eigenvalue weighted by Gasteiger charge is -2.35. The van der Waals surface area contributed by atoms with Gasteiger partial charge in [-0.25, -0.2) is 0 Å². The van der Waals surface area contributed by atoms with Crippen molar-refractivity contribution in [3.63, 3.8) is 0 Å². The summed E-state index contributed by atoms with van der Waals surface area (Å²) in [5.74, 6) is 1.51. The monoisotopic (exact) mass is 327 g/mol. The smallest absolute Gasteiger partial charge is 0.190 e. The molecule has 0 radical (unpaired) electrons. The molecule has 1 aliphatic rings. The van der Waals surface area contributed by atoms with Crippen LogP contribution in [-0.4, -0.2) is 88.4 Å². The lowest BCUT2D eigenvalue weighted by molar-refractivity contribution is 0.124. The Morgan fingerprint density at radius 2 is 1.83 bits per heavy atom. The van der Waals surface area contributed by atoms with Gasteiger partial charge in [0.15, 0.2) is 5.96 Å². The van der Waals surface area contributed by atoms with Gasteiger partial charge in [0, 0.05) is 66.1 Å². The normalized spacial score (nSPS) is 18.9. The molecule has 1 aliphatic heterocycles. The fourth-order valence-electron chi connectivity index (χ4n) is 2.81. The van der Waals surface area contributed by atoms with Gasteiger partial charge in [-0.15, -0.1) is 0 Å². The molecule has 0 spiro atoms. The number of aliphatic imine (C=N–C) groups is 1. The van der Waals surface area contributed by atoms with Crippen molar-refractivity contribution in [1.82, 2.24) is 20.4 Å². The molecule has 0 amide bonds. The van der Waals surface area contributed by atoms with Crippen LogP contribution in [-0.2, 0) is 4.74 Å². The number of nitrogens with zero attached hydrogens (tertiary/aromatic N) is 3. The molecule has 0 aromatic heterocycles. The van der Waals surface area contributed by atoms with Gasteiger partial charge >= 0.3 is 0 Å². The molecule has 1 saturated heterocycles. The van der Waals surface area contributed by atoms with E-state index < -0.39 is 0 Å². The number of nitrogens with one attached hydrogen (secondary N) is 2. The summed E-state index contributed by atoms with van der Waals surface area (Å²) < 4.78 is 5.34. The summed E-state index contributed by atoms with van der Waals surface area (Å²) in [4.78, 5) is 9.38.